The van der Waals surface area contributed by atoms with Crippen molar-refractivity contribution >= 4 is 59.4 Å². The molecule has 4 N–H and O–H groups in total. The van der Waals surface area contributed by atoms with Crippen molar-refractivity contribution in [2.24, 2.45) is 0 Å². The molecule has 0 saturated heterocycles. The van der Waals surface area contributed by atoms with E-state index in [2.05, 4.69) is 14.5 Å². The van der Waals surface area contributed by atoms with Gasteiger partial charge in [0.1, 0.15) is 0 Å². The van der Waals surface area contributed by atoms with Gasteiger partial charge >= 0.3 is 153 Å². The maximum Gasteiger partial charge on any atom is 0.303 e. The minimum absolute atomic E-state index is 0.0595. The number of hydrogen-bond donors (Lipinski definition) is 4. The van der Waals surface area contributed by atoms with Crippen molar-refractivity contribution in [3.63, 3.8) is 0 Å². The number of carbonyl (C=O) groups excluding carboxylic acids is 2. The van der Waals surface area contributed by atoms with Crippen LogP contribution in [0.2, 0.25) is 0 Å². The SMILES string of the molecule is CC(=O)Nc1ccc(O[As](=O)(OO)c2ccccc2NC(C)=O)cc1.CSCCCC(=O)O. The number of benzene rings is 2. The molecule has 180 valence electrons. The molecule has 0 aromatic heterocycles. The first-order chi connectivity index (χ1) is 15.6. The molecule has 33 heavy (non-hydrogen) atoms. The van der Waals surface area contributed by atoms with Crippen LogP contribution in [-0.2, 0) is 22.0 Å². The zero-order valence-electron chi connectivity index (χ0n) is 18.4. The monoisotopic (exact) mass is 542 g/mol. The summed E-state index contributed by atoms with van der Waals surface area (Å²) in [5.74, 6) is -0.174. The van der Waals surface area contributed by atoms with Crippen molar-refractivity contribution in [1.82, 2.24) is 0 Å². The molecule has 0 aliphatic rings. The minimum Gasteiger partial charge on any atom is -0.481 e. The van der Waals surface area contributed by atoms with Crippen molar-refractivity contribution in [2.75, 3.05) is 22.6 Å². The maximum atomic E-state index is 13.0. The molecule has 0 aliphatic carbocycles. The van der Waals surface area contributed by atoms with Crippen molar-refractivity contribution in [2.45, 2.75) is 26.7 Å². The van der Waals surface area contributed by atoms with Crippen LogP contribution in [0.3, 0.4) is 0 Å². The molecule has 2 aromatic rings. The van der Waals surface area contributed by atoms with Crippen molar-refractivity contribution in [1.29, 1.82) is 0 Å². The van der Waals surface area contributed by atoms with Crippen LogP contribution in [0, 0.1) is 0 Å². The normalized spacial score (nSPS) is 11.9. The van der Waals surface area contributed by atoms with Crippen molar-refractivity contribution in [3.05, 3.63) is 48.5 Å². The molecule has 0 aliphatic heterocycles. The van der Waals surface area contributed by atoms with Gasteiger partial charge in [-0.25, -0.2) is 0 Å². The van der Waals surface area contributed by atoms with Gasteiger partial charge in [-0.1, -0.05) is 0 Å². The molecule has 2 aromatic carbocycles. The van der Waals surface area contributed by atoms with E-state index in [4.69, 9.17) is 8.83 Å². The molecular formula is C21H27AsN2O8S. The van der Waals surface area contributed by atoms with Crippen LogP contribution in [0.4, 0.5) is 11.4 Å². The quantitative estimate of drug-likeness (QED) is 0.154. The molecule has 0 heterocycles. The zero-order valence-corrected chi connectivity index (χ0v) is 21.1. The number of carboxylic acids is 1. The van der Waals surface area contributed by atoms with Crippen molar-refractivity contribution in [3.8, 4) is 5.75 Å². The maximum absolute atomic E-state index is 13.0. The van der Waals surface area contributed by atoms with Gasteiger partial charge < -0.3 is 5.11 Å². The molecule has 10 nitrogen and oxygen atoms in total. The number of hydrogen-bond acceptors (Lipinski definition) is 8. The largest absolute Gasteiger partial charge is 0.481 e. The van der Waals surface area contributed by atoms with E-state index in [-0.39, 0.29) is 27.6 Å². The van der Waals surface area contributed by atoms with E-state index in [1.165, 1.54) is 38.1 Å². The summed E-state index contributed by atoms with van der Waals surface area (Å²) in [6, 6.07) is 12.2. The molecular weight excluding hydrogens is 515 g/mol. The van der Waals surface area contributed by atoms with E-state index in [1.807, 2.05) is 6.26 Å². The fourth-order valence-electron chi connectivity index (χ4n) is 2.43. The van der Waals surface area contributed by atoms with Gasteiger partial charge in [-0.2, -0.15) is 11.8 Å². The Bertz CT molecular complexity index is 984. The fourth-order valence-corrected chi connectivity index (χ4v) is 5.61. The number of anilines is 2. The predicted octanol–water partition coefficient (Wildman–Crippen LogP) is 2.96. The number of carboxylic acid groups (broad SMARTS) is 1. The molecule has 12 heteroatoms. The average Bonchev–Trinajstić information content (AvgIpc) is 2.75. The number of amides is 2. The van der Waals surface area contributed by atoms with E-state index < -0.39 is 20.1 Å². The number of nitrogens with one attached hydrogen (secondary N) is 2. The summed E-state index contributed by atoms with van der Waals surface area (Å²) in [4.78, 5) is 32.2. The molecule has 0 spiro atoms. The van der Waals surface area contributed by atoms with E-state index in [0.29, 0.717) is 12.1 Å². The molecule has 0 radical (unpaired) electrons. The van der Waals surface area contributed by atoms with Gasteiger partial charge in [0.15, 0.2) is 0 Å². The molecule has 2 rings (SSSR count). The van der Waals surface area contributed by atoms with E-state index >= 15 is 0 Å². The zero-order chi connectivity index (χ0) is 24.9. The molecule has 1 atom stereocenters. The van der Waals surface area contributed by atoms with Crippen LogP contribution in [-0.4, -0.2) is 54.3 Å². The Hall–Kier alpha value is -2.72. The van der Waals surface area contributed by atoms with Gasteiger partial charge in [0, 0.05) is 6.42 Å². The van der Waals surface area contributed by atoms with Crippen LogP contribution >= 0.6 is 11.8 Å². The topological polar surface area (TPSA) is 151 Å². The Morgan fingerprint density at radius 2 is 1.61 bits per heavy atom. The molecule has 0 saturated carbocycles. The summed E-state index contributed by atoms with van der Waals surface area (Å²) in [6.45, 7) is 2.68. The summed E-state index contributed by atoms with van der Waals surface area (Å²) in [5.41, 5.74) is 0.756. The first-order valence-electron chi connectivity index (χ1n) is 9.69. The summed E-state index contributed by atoms with van der Waals surface area (Å²) in [7, 11) is 0. The second-order valence-electron chi connectivity index (χ2n) is 6.56. The van der Waals surface area contributed by atoms with Crippen LogP contribution in [0.15, 0.2) is 48.5 Å². The summed E-state index contributed by atoms with van der Waals surface area (Å²) in [5, 5.41) is 22.4. The van der Waals surface area contributed by atoms with Gasteiger partial charge in [0.2, 0.25) is 0 Å². The van der Waals surface area contributed by atoms with Gasteiger partial charge in [-0.15, -0.1) is 0 Å². The number of thioether (sulfide) groups is 1. The third-order valence-corrected chi connectivity index (χ3v) is 7.91. The number of para-hydroxylation sites is 1. The second kappa shape index (κ2) is 14.4. The Morgan fingerprint density at radius 3 is 2.12 bits per heavy atom. The standard InChI is InChI=1S/C16H17AsN2O6.C5H10O2S/c1-11(20)18-13-7-9-14(10-8-13)24-17(22,25-23)15-5-3-4-6-16(15)19-12(2)21;1-8-4-2-3-5(6)7/h3-10,23H,1-2H3,(H,18,20)(H,19,21);2-4H2,1H3,(H,6,7). The predicted molar refractivity (Wildman–Crippen MR) is 127 cm³/mol. The first kappa shape index (κ1) is 28.3. The summed E-state index contributed by atoms with van der Waals surface area (Å²) < 4.78 is 22.6. The smallest absolute Gasteiger partial charge is 0.303 e. The van der Waals surface area contributed by atoms with Crippen LogP contribution in [0.5, 0.6) is 5.75 Å². The van der Waals surface area contributed by atoms with Crippen LogP contribution in [0.25, 0.3) is 0 Å². The Morgan fingerprint density at radius 1 is 1.00 bits per heavy atom. The number of aliphatic carboxylic acids is 1. The van der Waals surface area contributed by atoms with Crippen LogP contribution < -0.4 is 18.7 Å². The molecule has 0 bridgehead atoms. The Balaban J connectivity index is 0.000000582. The Labute approximate surface area is 199 Å². The van der Waals surface area contributed by atoms with E-state index in [9.17, 15) is 23.4 Å². The summed E-state index contributed by atoms with van der Waals surface area (Å²) in [6.07, 6.45) is 3.07. The molecule has 2 amide bonds. The van der Waals surface area contributed by atoms with Crippen LogP contribution in [0.1, 0.15) is 26.7 Å². The third-order valence-electron chi connectivity index (χ3n) is 3.76. The van der Waals surface area contributed by atoms with Gasteiger partial charge in [-0.05, 0) is 18.4 Å². The average molecular weight is 542 g/mol. The first-order valence-corrected chi connectivity index (χ1v) is 14.3. The van der Waals surface area contributed by atoms with E-state index in [1.54, 1.807) is 36.0 Å². The number of carbonyl (C=O) groups is 3. The van der Waals surface area contributed by atoms with Crippen molar-refractivity contribution < 1.29 is 36.1 Å². The van der Waals surface area contributed by atoms with E-state index in [0.717, 1.165) is 12.2 Å². The fraction of sp³-hybridized carbons (Fsp3) is 0.286. The Kier molecular flexibility index (Phi) is 12.4. The summed E-state index contributed by atoms with van der Waals surface area (Å²) >= 11 is -3.22. The molecule has 1 unspecified atom stereocenters. The van der Waals surface area contributed by atoms with Gasteiger partial charge in [0.05, 0.1) is 0 Å². The minimum atomic E-state index is -4.90. The van der Waals surface area contributed by atoms with Gasteiger partial charge in [-0.3, -0.25) is 4.79 Å². The second-order valence-corrected chi connectivity index (χ2v) is 11.4. The number of rotatable bonds is 10. The molecule has 0 fully saturated rings. The van der Waals surface area contributed by atoms with Gasteiger partial charge in [0.25, 0.3) is 0 Å². The third kappa shape index (κ3) is 10.6.